The van der Waals surface area contributed by atoms with Crippen LogP contribution in [0.4, 0.5) is 5.69 Å². The topological polar surface area (TPSA) is 51.1 Å². The summed E-state index contributed by atoms with van der Waals surface area (Å²) < 4.78 is 11.6. The fourth-order valence-corrected chi connectivity index (χ4v) is 7.74. The number of fused-ring (bicyclic) bond motifs is 11. The maximum absolute atomic E-state index is 9.78. The second-order valence-corrected chi connectivity index (χ2v) is 12.3. The Kier molecular flexibility index (Phi) is 5.64. The first-order valence-corrected chi connectivity index (χ1v) is 16.1. The number of nitrogens with zero attached hydrogens (tertiary/aromatic N) is 4. The van der Waals surface area contributed by atoms with Crippen molar-refractivity contribution in [2.75, 3.05) is 0 Å². The summed E-state index contributed by atoms with van der Waals surface area (Å²) in [6, 6.07) is 51.9. The zero-order valence-corrected chi connectivity index (χ0v) is 26.1. The van der Waals surface area contributed by atoms with E-state index in [4.69, 9.17) is 11.0 Å². The standard InChI is InChI=1S/C44H24N4O/c1-46-35-15-9-10-28(26-45)40(35)27-18-20-30(21-19-27)48-37-17-8-6-14-34(37)42-39(48)25-23-32-31-22-24-38-41(43(31)49-44(32)42)33-13-5-7-16-36(33)47(38)29-11-3-2-4-12-29/h2-25H. The highest BCUT2D eigenvalue weighted by atomic mass is 16.3. The molecule has 0 amide bonds. The van der Waals surface area contributed by atoms with Gasteiger partial charge >= 0.3 is 0 Å². The molecule has 0 fully saturated rings. The van der Waals surface area contributed by atoms with Crippen LogP contribution in [-0.4, -0.2) is 9.13 Å². The molecular weight excluding hydrogens is 601 g/mol. The summed E-state index contributed by atoms with van der Waals surface area (Å²) in [7, 11) is 0. The zero-order valence-electron chi connectivity index (χ0n) is 26.1. The molecule has 0 aliphatic carbocycles. The lowest BCUT2D eigenvalue weighted by atomic mass is 9.98. The molecule has 0 atom stereocenters. The zero-order chi connectivity index (χ0) is 32.6. The number of aromatic nitrogens is 2. The Labute approximate surface area is 280 Å². The Morgan fingerprint density at radius 2 is 1.06 bits per heavy atom. The van der Waals surface area contributed by atoms with Gasteiger partial charge in [0.05, 0.1) is 45.5 Å². The first kappa shape index (κ1) is 27.1. The molecule has 10 rings (SSSR count). The van der Waals surface area contributed by atoms with Crippen LogP contribution in [0.25, 0.3) is 92.9 Å². The van der Waals surface area contributed by atoms with E-state index in [0.29, 0.717) is 16.8 Å². The largest absolute Gasteiger partial charge is 0.455 e. The van der Waals surface area contributed by atoms with Crippen LogP contribution in [0.15, 0.2) is 150 Å². The fraction of sp³-hybridized carbons (Fsp3) is 0. The summed E-state index contributed by atoms with van der Waals surface area (Å²) in [5, 5.41) is 16.4. The van der Waals surface area contributed by atoms with Crippen LogP contribution in [0.1, 0.15) is 5.56 Å². The monoisotopic (exact) mass is 624 g/mol. The maximum atomic E-state index is 9.78. The summed E-state index contributed by atoms with van der Waals surface area (Å²) in [5.74, 6) is 0. The molecule has 0 unspecified atom stereocenters. The van der Waals surface area contributed by atoms with Gasteiger partial charge in [-0.2, -0.15) is 5.26 Å². The molecule has 0 saturated carbocycles. The van der Waals surface area contributed by atoms with Crippen molar-refractivity contribution in [2.24, 2.45) is 0 Å². The predicted octanol–water partition coefficient (Wildman–Crippen LogP) is 11.9. The highest BCUT2D eigenvalue weighted by Crippen LogP contribution is 2.45. The van der Waals surface area contributed by atoms with Gasteiger partial charge in [0.25, 0.3) is 0 Å². The van der Waals surface area contributed by atoms with Crippen molar-refractivity contribution < 1.29 is 4.42 Å². The van der Waals surface area contributed by atoms with Crippen molar-refractivity contribution in [1.82, 2.24) is 9.13 Å². The number of nitriles is 1. The Balaban J connectivity index is 1.24. The van der Waals surface area contributed by atoms with E-state index < -0.39 is 0 Å². The number of furan rings is 1. The van der Waals surface area contributed by atoms with E-state index in [1.165, 1.54) is 0 Å². The van der Waals surface area contributed by atoms with E-state index in [0.717, 1.165) is 82.5 Å². The maximum Gasteiger partial charge on any atom is 0.196 e. The van der Waals surface area contributed by atoms with Gasteiger partial charge in [0, 0.05) is 44.0 Å². The lowest BCUT2D eigenvalue weighted by Crippen LogP contribution is -1.94. The fourth-order valence-electron chi connectivity index (χ4n) is 7.74. The third-order valence-electron chi connectivity index (χ3n) is 9.79. The first-order chi connectivity index (χ1) is 24.2. The summed E-state index contributed by atoms with van der Waals surface area (Å²) in [6.07, 6.45) is 0. The van der Waals surface area contributed by atoms with Crippen molar-refractivity contribution in [3.63, 3.8) is 0 Å². The molecule has 0 N–H and O–H groups in total. The van der Waals surface area contributed by atoms with E-state index in [1.54, 1.807) is 18.2 Å². The Bertz CT molecular complexity index is 3020. The lowest BCUT2D eigenvalue weighted by molar-refractivity contribution is 0.677. The van der Waals surface area contributed by atoms with Crippen LogP contribution in [0, 0.1) is 17.9 Å². The number of para-hydroxylation sites is 3. The van der Waals surface area contributed by atoms with Crippen molar-refractivity contribution >= 4 is 71.2 Å². The third-order valence-corrected chi connectivity index (χ3v) is 9.79. The molecule has 3 aromatic heterocycles. The van der Waals surface area contributed by atoms with Gasteiger partial charge in [-0.05, 0) is 72.3 Å². The number of benzene rings is 7. The average Bonchev–Trinajstić information content (AvgIpc) is 3.82. The molecule has 5 nitrogen and oxygen atoms in total. The lowest BCUT2D eigenvalue weighted by Gasteiger charge is -2.11. The SMILES string of the molecule is [C-]#[N+]c1cccc(C#N)c1-c1ccc(-n2c3ccccc3c3c4oc5c(ccc6c5c5ccccc5n6-c5ccccc5)c4ccc32)cc1. The summed E-state index contributed by atoms with van der Waals surface area (Å²) in [5.41, 5.74) is 10.7. The highest BCUT2D eigenvalue weighted by molar-refractivity contribution is 6.29. The van der Waals surface area contributed by atoms with Crippen LogP contribution < -0.4 is 0 Å². The minimum Gasteiger partial charge on any atom is -0.455 e. The first-order valence-electron chi connectivity index (χ1n) is 16.1. The summed E-state index contributed by atoms with van der Waals surface area (Å²) in [6.45, 7) is 7.67. The molecule has 0 radical (unpaired) electrons. The molecule has 5 heteroatoms. The van der Waals surface area contributed by atoms with Gasteiger partial charge in [0.15, 0.2) is 5.69 Å². The van der Waals surface area contributed by atoms with Crippen molar-refractivity contribution in [3.05, 3.63) is 163 Å². The van der Waals surface area contributed by atoms with Crippen LogP contribution >= 0.6 is 0 Å². The average molecular weight is 625 g/mol. The van der Waals surface area contributed by atoms with Crippen LogP contribution in [0.5, 0.6) is 0 Å². The van der Waals surface area contributed by atoms with Gasteiger partial charge in [-0.15, -0.1) is 0 Å². The van der Waals surface area contributed by atoms with Crippen molar-refractivity contribution in [3.8, 4) is 28.6 Å². The van der Waals surface area contributed by atoms with Gasteiger partial charge in [0.2, 0.25) is 0 Å². The van der Waals surface area contributed by atoms with Gasteiger partial charge in [-0.1, -0.05) is 78.9 Å². The molecule has 0 aliphatic rings. The van der Waals surface area contributed by atoms with Crippen LogP contribution in [-0.2, 0) is 0 Å². The molecule has 7 aromatic carbocycles. The van der Waals surface area contributed by atoms with Crippen LogP contribution in [0.2, 0.25) is 0 Å². The summed E-state index contributed by atoms with van der Waals surface area (Å²) in [4.78, 5) is 3.69. The molecular formula is C44H24N4O. The van der Waals surface area contributed by atoms with E-state index in [9.17, 15) is 5.26 Å². The predicted molar refractivity (Wildman–Crippen MR) is 199 cm³/mol. The number of hydrogen-bond donors (Lipinski definition) is 0. The summed E-state index contributed by atoms with van der Waals surface area (Å²) >= 11 is 0. The van der Waals surface area contributed by atoms with Gasteiger partial charge in [-0.25, -0.2) is 4.85 Å². The third kappa shape index (κ3) is 3.73. The molecule has 3 heterocycles. The minimum atomic E-state index is 0.469. The molecule has 226 valence electrons. The second-order valence-electron chi connectivity index (χ2n) is 12.3. The Hall–Kier alpha value is -7.08. The normalized spacial score (nSPS) is 11.6. The number of rotatable bonds is 3. The molecule has 0 aliphatic heterocycles. The molecule has 0 spiro atoms. The van der Waals surface area contributed by atoms with Gasteiger partial charge in [0.1, 0.15) is 11.2 Å². The number of hydrogen-bond acceptors (Lipinski definition) is 2. The molecule has 0 bridgehead atoms. The quantitative estimate of drug-likeness (QED) is 0.184. The Morgan fingerprint density at radius 1 is 0.510 bits per heavy atom. The molecule has 10 aromatic rings. The smallest absolute Gasteiger partial charge is 0.196 e. The van der Waals surface area contributed by atoms with Crippen LogP contribution in [0.3, 0.4) is 0 Å². The van der Waals surface area contributed by atoms with E-state index in [2.05, 4.69) is 129 Å². The van der Waals surface area contributed by atoms with E-state index in [-0.39, 0.29) is 0 Å². The van der Waals surface area contributed by atoms with E-state index in [1.807, 2.05) is 18.2 Å². The van der Waals surface area contributed by atoms with Crippen molar-refractivity contribution in [1.29, 1.82) is 5.26 Å². The van der Waals surface area contributed by atoms with E-state index >= 15 is 0 Å². The minimum absolute atomic E-state index is 0.469. The highest BCUT2D eigenvalue weighted by Gasteiger charge is 2.22. The van der Waals surface area contributed by atoms with Gasteiger partial charge < -0.3 is 13.6 Å². The van der Waals surface area contributed by atoms with Crippen molar-refractivity contribution in [2.45, 2.75) is 0 Å². The second kappa shape index (κ2) is 10.2. The van der Waals surface area contributed by atoms with Gasteiger partial charge in [-0.3, -0.25) is 0 Å². The Morgan fingerprint density at radius 3 is 1.63 bits per heavy atom. The molecule has 49 heavy (non-hydrogen) atoms. The molecule has 0 saturated heterocycles.